The van der Waals surface area contributed by atoms with Gasteiger partial charge in [-0.2, -0.15) is 5.10 Å². The second kappa shape index (κ2) is 8.70. The molecule has 1 heterocycles. The molecule has 0 aliphatic carbocycles. The lowest BCUT2D eigenvalue weighted by atomic mass is 10.3. The number of halogens is 1. The van der Waals surface area contributed by atoms with Crippen molar-refractivity contribution in [1.29, 1.82) is 0 Å². The van der Waals surface area contributed by atoms with Crippen LogP contribution in [0.2, 0.25) is 5.02 Å². The van der Waals surface area contributed by atoms with Crippen molar-refractivity contribution in [1.82, 2.24) is 14.7 Å². The van der Waals surface area contributed by atoms with Gasteiger partial charge in [-0.3, -0.25) is 9.69 Å². The fourth-order valence-electron chi connectivity index (χ4n) is 2.74. The number of hydrogen-bond acceptors (Lipinski definition) is 4. The summed E-state index contributed by atoms with van der Waals surface area (Å²) in [6, 6.07) is 15.0. The zero-order chi connectivity index (χ0) is 19.2. The lowest BCUT2D eigenvalue weighted by Crippen LogP contribution is -2.29. The molecule has 1 aromatic heterocycles. The largest absolute Gasteiger partial charge is 0.495 e. The van der Waals surface area contributed by atoms with Gasteiger partial charge in [-0.25, -0.2) is 4.68 Å². The Morgan fingerprint density at radius 1 is 1.26 bits per heavy atom. The van der Waals surface area contributed by atoms with Crippen molar-refractivity contribution >= 4 is 23.2 Å². The number of nitrogens with zero attached hydrogens (tertiary/aromatic N) is 3. The molecule has 0 saturated heterocycles. The second-order valence-corrected chi connectivity index (χ2v) is 6.63. The summed E-state index contributed by atoms with van der Waals surface area (Å²) in [6.45, 7) is 0.832. The van der Waals surface area contributed by atoms with Gasteiger partial charge in [-0.05, 0) is 37.4 Å². The van der Waals surface area contributed by atoms with Crippen molar-refractivity contribution < 1.29 is 9.53 Å². The molecule has 6 nitrogen and oxygen atoms in total. The summed E-state index contributed by atoms with van der Waals surface area (Å²) in [5.41, 5.74) is 2.58. The van der Waals surface area contributed by atoms with E-state index in [-0.39, 0.29) is 12.5 Å². The van der Waals surface area contributed by atoms with E-state index in [0.717, 1.165) is 11.3 Å². The average Bonchev–Trinajstić information content (AvgIpc) is 3.11. The van der Waals surface area contributed by atoms with Gasteiger partial charge in [0.2, 0.25) is 5.91 Å². The third-order valence-electron chi connectivity index (χ3n) is 3.96. The smallest absolute Gasteiger partial charge is 0.238 e. The Morgan fingerprint density at radius 3 is 2.78 bits per heavy atom. The zero-order valence-electron chi connectivity index (χ0n) is 15.2. The van der Waals surface area contributed by atoms with Crippen molar-refractivity contribution in [3.63, 3.8) is 0 Å². The minimum absolute atomic E-state index is 0.145. The molecule has 3 rings (SSSR count). The van der Waals surface area contributed by atoms with Gasteiger partial charge in [0.1, 0.15) is 5.75 Å². The molecule has 0 radical (unpaired) electrons. The van der Waals surface area contributed by atoms with Crippen LogP contribution >= 0.6 is 11.6 Å². The number of amides is 1. The Bertz CT molecular complexity index is 911. The average molecular weight is 385 g/mol. The summed E-state index contributed by atoms with van der Waals surface area (Å²) in [5, 5.41) is 7.75. The number of nitrogens with one attached hydrogen (secondary N) is 1. The van der Waals surface area contributed by atoms with Gasteiger partial charge in [-0.1, -0.05) is 29.8 Å². The Labute approximate surface area is 163 Å². The lowest BCUT2D eigenvalue weighted by molar-refractivity contribution is -0.117. The summed E-state index contributed by atoms with van der Waals surface area (Å²) in [5.74, 6) is 0.424. The molecule has 27 heavy (non-hydrogen) atoms. The minimum atomic E-state index is -0.145. The number of anilines is 1. The SMILES string of the molecule is COc1ccc(Cl)cc1NC(=O)CN(C)Cc1cnn(-c2ccccc2)c1. The van der Waals surface area contributed by atoms with Gasteiger partial charge >= 0.3 is 0 Å². The molecule has 7 heteroatoms. The molecular formula is C20H21ClN4O2. The molecule has 1 amide bonds. The number of carbonyl (C=O) groups is 1. The highest BCUT2D eigenvalue weighted by Gasteiger charge is 2.12. The van der Waals surface area contributed by atoms with Gasteiger partial charge in [0.15, 0.2) is 0 Å². The summed E-state index contributed by atoms with van der Waals surface area (Å²) >= 11 is 6.00. The maximum atomic E-state index is 12.3. The van der Waals surface area contributed by atoms with Gasteiger partial charge in [0.05, 0.1) is 31.2 Å². The Kier molecular flexibility index (Phi) is 6.11. The molecule has 0 unspecified atom stereocenters. The Morgan fingerprint density at radius 2 is 2.04 bits per heavy atom. The standard InChI is InChI=1S/C20H21ClN4O2/c1-24(12-15-11-22-25(13-15)17-6-4-3-5-7-17)14-20(26)23-18-10-16(21)8-9-19(18)27-2/h3-11,13H,12,14H2,1-2H3,(H,23,26). The topological polar surface area (TPSA) is 59.4 Å². The van der Waals surface area contributed by atoms with Gasteiger partial charge in [0.25, 0.3) is 0 Å². The normalized spacial score (nSPS) is 10.8. The third kappa shape index (κ3) is 5.09. The summed E-state index contributed by atoms with van der Waals surface area (Å²) < 4.78 is 7.07. The van der Waals surface area contributed by atoms with Crippen LogP contribution in [-0.2, 0) is 11.3 Å². The Hall–Kier alpha value is -2.83. The van der Waals surface area contributed by atoms with Crippen LogP contribution in [0.25, 0.3) is 5.69 Å². The number of likely N-dealkylation sites (N-methyl/N-ethyl adjacent to an activating group) is 1. The number of aromatic nitrogens is 2. The van der Waals surface area contributed by atoms with Gasteiger partial charge < -0.3 is 10.1 Å². The molecule has 1 N–H and O–H groups in total. The number of benzene rings is 2. The molecule has 0 bridgehead atoms. The minimum Gasteiger partial charge on any atom is -0.495 e. The van der Waals surface area contributed by atoms with Crippen LogP contribution in [0.1, 0.15) is 5.56 Å². The lowest BCUT2D eigenvalue weighted by Gasteiger charge is -2.16. The van der Waals surface area contributed by atoms with E-state index in [2.05, 4.69) is 10.4 Å². The van der Waals surface area contributed by atoms with E-state index < -0.39 is 0 Å². The van der Waals surface area contributed by atoms with Crippen molar-refractivity contribution in [2.24, 2.45) is 0 Å². The first kappa shape index (κ1) is 18.9. The second-order valence-electron chi connectivity index (χ2n) is 6.19. The van der Waals surface area contributed by atoms with Crippen LogP contribution < -0.4 is 10.1 Å². The van der Waals surface area contributed by atoms with E-state index in [1.54, 1.807) is 31.5 Å². The first-order chi connectivity index (χ1) is 13.0. The number of para-hydroxylation sites is 1. The highest BCUT2D eigenvalue weighted by Crippen LogP contribution is 2.27. The predicted octanol–water partition coefficient (Wildman–Crippen LogP) is 3.60. The monoisotopic (exact) mass is 384 g/mol. The molecule has 0 fully saturated rings. The van der Waals surface area contributed by atoms with Crippen molar-refractivity contribution in [2.75, 3.05) is 26.0 Å². The highest BCUT2D eigenvalue weighted by molar-refractivity contribution is 6.31. The van der Waals surface area contributed by atoms with E-state index in [1.165, 1.54) is 0 Å². The molecule has 0 aliphatic heterocycles. The number of methoxy groups -OCH3 is 1. The highest BCUT2D eigenvalue weighted by atomic mass is 35.5. The van der Waals surface area contributed by atoms with E-state index in [0.29, 0.717) is 23.0 Å². The van der Waals surface area contributed by atoms with Crippen LogP contribution in [0.4, 0.5) is 5.69 Å². The van der Waals surface area contributed by atoms with Crippen molar-refractivity contribution in [2.45, 2.75) is 6.54 Å². The molecule has 0 atom stereocenters. The van der Waals surface area contributed by atoms with E-state index in [1.807, 2.05) is 53.2 Å². The molecular weight excluding hydrogens is 364 g/mol. The maximum absolute atomic E-state index is 12.3. The molecule has 0 saturated carbocycles. The summed E-state index contributed by atoms with van der Waals surface area (Å²) in [7, 11) is 3.43. The molecule has 0 spiro atoms. The van der Waals surface area contributed by atoms with E-state index in [9.17, 15) is 4.79 Å². The van der Waals surface area contributed by atoms with Crippen LogP contribution in [-0.4, -0.2) is 41.3 Å². The quantitative estimate of drug-likeness (QED) is 0.676. The first-order valence-electron chi connectivity index (χ1n) is 8.46. The maximum Gasteiger partial charge on any atom is 0.238 e. The molecule has 3 aromatic rings. The fourth-order valence-corrected chi connectivity index (χ4v) is 2.92. The van der Waals surface area contributed by atoms with Crippen molar-refractivity contribution in [3.8, 4) is 11.4 Å². The van der Waals surface area contributed by atoms with Crippen molar-refractivity contribution in [3.05, 3.63) is 71.5 Å². The number of ether oxygens (including phenoxy) is 1. The van der Waals surface area contributed by atoms with Crippen LogP contribution in [0.15, 0.2) is 60.9 Å². The summed E-state index contributed by atoms with van der Waals surface area (Å²) in [4.78, 5) is 14.3. The Balaban J connectivity index is 1.58. The first-order valence-corrected chi connectivity index (χ1v) is 8.84. The zero-order valence-corrected chi connectivity index (χ0v) is 16.0. The molecule has 2 aromatic carbocycles. The number of rotatable bonds is 7. The fraction of sp³-hybridized carbons (Fsp3) is 0.200. The van der Waals surface area contributed by atoms with Crippen LogP contribution in [0.5, 0.6) is 5.75 Å². The molecule has 0 aliphatic rings. The number of hydrogen-bond donors (Lipinski definition) is 1. The number of carbonyl (C=O) groups excluding carboxylic acids is 1. The third-order valence-corrected chi connectivity index (χ3v) is 4.19. The van der Waals surface area contributed by atoms with Gasteiger partial charge in [-0.15, -0.1) is 0 Å². The molecule has 140 valence electrons. The van der Waals surface area contributed by atoms with Crippen LogP contribution in [0, 0.1) is 0 Å². The van der Waals surface area contributed by atoms with Gasteiger partial charge in [0, 0.05) is 23.3 Å². The predicted molar refractivity (Wildman–Crippen MR) is 107 cm³/mol. The van der Waals surface area contributed by atoms with E-state index in [4.69, 9.17) is 16.3 Å². The van der Waals surface area contributed by atoms with E-state index >= 15 is 0 Å². The van der Waals surface area contributed by atoms with Crippen LogP contribution in [0.3, 0.4) is 0 Å². The summed E-state index contributed by atoms with van der Waals surface area (Å²) in [6.07, 6.45) is 3.77.